The Balaban J connectivity index is 1.82. The first-order valence-electron chi connectivity index (χ1n) is 7.93. The predicted octanol–water partition coefficient (Wildman–Crippen LogP) is 4.22. The molecule has 1 N–H and O–H groups in total. The Kier molecular flexibility index (Phi) is 4.23. The van der Waals surface area contributed by atoms with Crippen LogP contribution in [-0.4, -0.2) is 18.6 Å². The van der Waals surface area contributed by atoms with Crippen molar-refractivity contribution in [2.45, 2.75) is 58.2 Å². The van der Waals surface area contributed by atoms with Crippen molar-refractivity contribution in [3.05, 3.63) is 28.8 Å². The monoisotopic (exact) mass is 292 g/mol. The zero-order valence-corrected chi connectivity index (χ0v) is 13.3. The van der Waals surface area contributed by atoms with Gasteiger partial charge in [-0.25, -0.2) is 0 Å². The Bertz CT molecular complexity index is 468. The number of benzene rings is 1. The lowest BCUT2D eigenvalue weighted by Gasteiger charge is -2.31. The van der Waals surface area contributed by atoms with E-state index in [0.717, 1.165) is 17.6 Å². The number of rotatable bonds is 5. The van der Waals surface area contributed by atoms with Crippen LogP contribution >= 0.6 is 11.6 Å². The summed E-state index contributed by atoms with van der Waals surface area (Å²) < 4.78 is 0. The lowest BCUT2D eigenvalue weighted by Crippen LogP contribution is -2.34. The third-order valence-electron chi connectivity index (χ3n) is 4.58. The standard InChI is InChI=1S/C17H25ClN2/c1-12(2)16-4-3-9-20(16)17-8-5-14(18)10-13(17)11-19-15-6-7-15/h5,8,10,12,15-16,19H,3-4,6-7,9,11H2,1-2H3. The second-order valence-corrected chi connectivity index (χ2v) is 7.01. The van der Waals surface area contributed by atoms with E-state index in [-0.39, 0.29) is 0 Å². The second-order valence-electron chi connectivity index (χ2n) is 6.58. The maximum atomic E-state index is 6.21. The molecule has 0 aromatic heterocycles. The SMILES string of the molecule is CC(C)C1CCCN1c1ccc(Cl)cc1CNC1CC1. The van der Waals surface area contributed by atoms with Gasteiger partial charge in [0.25, 0.3) is 0 Å². The Morgan fingerprint density at radius 3 is 2.80 bits per heavy atom. The predicted molar refractivity (Wildman–Crippen MR) is 86.5 cm³/mol. The van der Waals surface area contributed by atoms with E-state index in [9.17, 15) is 0 Å². The van der Waals surface area contributed by atoms with Crippen LogP contribution in [0.15, 0.2) is 18.2 Å². The molecule has 0 bridgehead atoms. The molecule has 3 heteroatoms. The lowest BCUT2D eigenvalue weighted by atomic mass is 10.0. The molecule has 1 aliphatic carbocycles. The Morgan fingerprint density at radius 2 is 2.10 bits per heavy atom. The van der Waals surface area contributed by atoms with Crippen LogP contribution in [0.1, 0.15) is 45.1 Å². The maximum Gasteiger partial charge on any atom is 0.0415 e. The topological polar surface area (TPSA) is 15.3 Å². The summed E-state index contributed by atoms with van der Waals surface area (Å²) >= 11 is 6.21. The van der Waals surface area contributed by atoms with Crippen LogP contribution in [0.4, 0.5) is 5.69 Å². The summed E-state index contributed by atoms with van der Waals surface area (Å²) in [5.74, 6) is 0.706. The van der Waals surface area contributed by atoms with Gasteiger partial charge in [-0.2, -0.15) is 0 Å². The van der Waals surface area contributed by atoms with Crippen molar-refractivity contribution in [1.29, 1.82) is 0 Å². The highest BCUT2D eigenvalue weighted by Gasteiger charge is 2.29. The molecule has 1 atom stereocenters. The summed E-state index contributed by atoms with van der Waals surface area (Å²) in [7, 11) is 0. The van der Waals surface area contributed by atoms with E-state index in [1.807, 2.05) is 6.07 Å². The molecule has 1 unspecified atom stereocenters. The molecule has 3 rings (SSSR count). The molecule has 0 amide bonds. The van der Waals surface area contributed by atoms with Gasteiger partial charge in [-0.15, -0.1) is 0 Å². The van der Waals surface area contributed by atoms with E-state index in [2.05, 4.69) is 36.2 Å². The van der Waals surface area contributed by atoms with Gasteiger partial charge in [-0.05, 0) is 55.4 Å². The van der Waals surface area contributed by atoms with Gasteiger partial charge in [0.05, 0.1) is 0 Å². The van der Waals surface area contributed by atoms with Gasteiger partial charge in [0.2, 0.25) is 0 Å². The second kappa shape index (κ2) is 5.95. The summed E-state index contributed by atoms with van der Waals surface area (Å²) in [4.78, 5) is 2.60. The van der Waals surface area contributed by atoms with Crippen LogP contribution in [-0.2, 0) is 6.54 Å². The van der Waals surface area contributed by atoms with Crippen LogP contribution < -0.4 is 10.2 Å². The average molecular weight is 293 g/mol. The first-order chi connectivity index (χ1) is 9.65. The molecule has 1 aromatic carbocycles. The average Bonchev–Trinajstić information content (AvgIpc) is 3.11. The van der Waals surface area contributed by atoms with E-state index in [4.69, 9.17) is 11.6 Å². The van der Waals surface area contributed by atoms with Gasteiger partial charge in [0.1, 0.15) is 0 Å². The molecule has 1 saturated heterocycles. The molecular weight excluding hydrogens is 268 g/mol. The fourth-order valence-corrected chi connectivity index (χ4v) is 3.50. The Labute approximate surface area is 127 Å². The third kappa shape index (κ3) is 3.12. The van der Waals surface area contributed by atoms with E-state index < -0.39 is 0 Å². The molecule has 2 fully saturated rings. The van der Waals surface area contributed by atoms with Crippen molar-refractivity contribution in [1.82, 2.24) is 5.32 Å². The van der Waals surface area contributed by atoms with Gasteiger partial charge in [-0.3, -0.25) is 0 Å². The van der Waals surface area contributed by atoms with E-state index in [1.165, 1.54) is 43.5 Å². The molecule has 2 aliphatic rings. The maximum absolute atomic E-state index is 6.21. The largest absolute Gasteiger partial charge is 0.368 e. The highest BCUT2D eigenvalue weighted by Crippen LogP contribution is 2.33. The highest BCUT2D eigenvalue weighted by atomic mass is 35.5. The van der Waals surface area contributed by atoms with Gasteiger partial charge in [0, 0.05) is 35.9 Å². The lowest BCUT2D eigenvalue weighted by molar-refractivity contribution is 0.491. The van der Waals surface area contributed by atoms with Crippen molar-refractivity contribution in [2.75, 3.05) is 11.4 Å². The minimum Gasteiger partial charge on any atom is -0.368 e. The van der Waals surface area contributed by atoms with Crippen molar-refractivity contribution in [2.24, 2.45) is 5.92 Å². The number of anilines is 1. The van der Waals surface area contributed by atoms with Crippen LogP contribution in [0.2, 0.25) is 5.02 Å². The highest BCUT2D eigenvalue weighted by molar-refractivity contribution is 6.30. The molecule has 0 radical (unpaired) electrons. The van der Waals surface area contributed by atoms with Crippen LogP contribution in [0.3, 0.4) is 0 Å². The quantitative estimate of drug-likeness (QED) is 0.874. The van der Waals surface area contributed by atoms with Crippen molar-refractivity contribution in [3.8, 4) is 0 Å². The van der Waals surface area contributed by atoms with Crippen molar-refractivity contribution < 1.29 is 0 Å². The van der Waals surface area contributed by atoms with Crippen molar-refractivity contribution >= 4 is 17.3 Å². The molecule has 2 nitrogen and oxygen atoms in total. The molecule has 110 valence electrons. The van der Waals surface area contributed by atoms with E-state index >= 15 is 0 Å². The van der Waals surface area contributed by atoms with Crippen LogP contribution in [0.25, 0.3) is 0 Å². The van der Waals surface area contributed by atoms with Gasteiger partial charge in [-0.1, -0.05) is 25.4 Å². The number of nitrogens with one attached hydrogen (secondary N) is 1. The Morgan fingerprint density at radius 1 is 1.30 bits per heavy atom. The molecule has 20 heavy (non-hydrogen) atoms. The van der Waals surface area contributed by atoms with Gasteiger partial charge in [0.15, 0.2) is 0 Å². The summed E-state index contributed by atoms with van der Waals surface area (Å²) in [5.41, 5.74) is 2.75. The Hall–Kier alpha value is -0.730. The fourth-order valence-electron chi connectivity index (χ4n) is 3.30. The first kappa shape index (κ1) is 14.2. The minimum absolute atomic E-state index is 0.677. The number of hydrogen-bond donors (Lipinski definition) is 1. The number of hydrogen-bond acceptors (Lipinski definition) is 2. The van der Waals surface area contributed by atoms with Crippen LogP contribution in [0.5, 0.6) is 0 Å². The smallest absolute Gasteiger partial charge is 0.0415 e. The summed E-state index contributed by atoms with van der Waals surface area (Å²) in [6, 6.07) is 7.81. The normalized spacial score (nSPS) is 22.8. The number of halogens is 1. The summed E-state index contributed by atoms with van der Waals surface area (Å²) in [6.07, 6.45) is 5.28. The molecule has 1 heterocycles. The third-order valence-corrected chi connectivity index (χ3v) is 4.81. The summed E-state index contributed by atoms with van der Waals surface area (Å²) in [5, 5.41) is 4.47. The molecule has 1 aromatic rings. The van der Waals surface area contributed by atoms with Gasteiger partial charge >= 0.3 is 0 Å². The molecular formula is C17H25ClN2. The fraction of sp³-hybridized carbons (Fsp3) is 0.647. The number of nitrogens with zero attached hydrogens (tertiary/aromatic N) is 1. The van der Waals surface area contributed by atoms with E-state index in [1.54, 1.807) is 0 Å². The molecule has 1 aliphatic heterocycles. The minimum atomic E-state index is 0.677. The first-order valence-corrected chi connectivity index (χ1v) is 8.31. The van der Waals surface area contributed by atoms with Crippen molar-refractivity contribution in [3.63, 3.8) is 0 Å². The van der Waals surface area contributed by atoms with E-state index in [0.29, 0.717) is 12.0 Å². The molecule has 1 saturated carbocycles. The van der Waals surface area contributed by atoms with Crippen LogP contribution in [0, 0.1) is 5.92 Å². The summed E-state index contributed by atoms with van der Waals surface area (Å²) in [6.45, 7) is 6.80. The zero-order valence-electron chi connectivity index (χ0n) is 12.5. The molecule has 0 spiro atoms. The van der Waals surface area contributed by atoms with Gasteiger partial charge < -0.3 is 10.2 Å². The zero-order chi connectivity index (χ0) is 14.1.